The molecule has 67 heavy (non-hydrogen) atoms. The van der Waals surface area contributed by atoms with E-state index < -0.39 is 53.5 Å². The fourth-order valence-corrected chi connectivity index (χ4v) is 7.56. The first-order valence-corrected chi connectivity index (χ1v) is 21.4. The summed E-state index contributed by atoms with van der Waals surface area (Å²) >= 11 is 0. The average Bonchev–Trinajstić information content (AvgIpc) is 3.92. The molecule has 4 heterocycles. The van der Waals surface area contributed by atoms with E-state index in [1.54, 1.807) is 70.1 Å². The number of anilines is 2. The van der Waals surface area contributed by atoms with Gasteiger partial charge in [-0.25, -0.2) is 24.4 Å². The number of pyridine rings is 2. The molecule has 2 atom stereocenters. The van der Waals surface area contributed by atoms with Crippen molar-refractivity contribution >= 4 is 52.7 Å². The van der Waals surface area contributed by atoms with Crippen molar-refractivity contribution in [2.45, 2.75) is 83.3 Å². The number of unbranched alkanes of at least 4 members (excludes halogenated alkanes) is 3. The lowest BCUT2D eigenvalue weighted by molar-refractivity contribution is -0.141. The second kappa shape index (κ2) is 21.3. The fraction of sp³-hybridized carbons (Fsp3) is 0.383. The average molecular weight is 931 g/mol. The quantitative estimate of drug-likeness (QED) is 0.0643. The van der Waals surface area contributed by atoms with Gasteiger partial charge in [-0.3, -0.25) is 14.4 Å². The third-order valence-corrected chi connectivity index (χ3v) is 10.8. The maximum atomic E-state index is 13.4. The van der Waals surface area contributed by atoms with Gasteiger partial charge in [-0.05, 0) is 76.4 Å². The minimum Gasteiger partial charge on any atom is -0.497 e. The molecule has 0 aliphatic carbocycles. The Morgan fingerprint density at radius 2 is 1.70 bits per heavy atom. The van der Waals surface area contributed by atoms with Crippen molar-refractivity contribution in [2.75, 3.05) is 45.1 Å². The second-order valence-electron chi connectivity index (χ2n) is 16.6. The Labute approximate surface area is 384 Å². The number of aromatic nitrogens is 4. The van der Waals surface area contributed by atoms with Gasteiger partial charge in [0.2, 0.25) is 0 Å². The number of ether oxygens (including phenoxy) is 4. The maximum absolute atomic E-state index is 13.4. The van der Waals surface area contributed by atoms with Crippen molar-refractivity contribution in [1.29, 1.82) is 0 Å². The highest BCUT2D eigenvalue weighted by Crippen LogP contribution is 2.40. The number of methoxy groups -OCH3 is 3. The summed E-state index contributed by atoms with van der Waals surface area (Å²) < 4.78 is 63.1. The molecule has 2 aromatic carbocycles. The molecule has 6 rings (SSSR count). The predicted octanol–water partition coefficient (Wildman–Crippen LogP) is 8.96. The number of carboxylic acid groups (broad SMARTS) is 1. The number of carbonyl (C=O) groups is 4. The van der Waals surface area contributed by atoms with Crippen molar-refractivity contribution < 1.29 is 56.4 Å². The van der Waals surface area contributed by atoms with E-state index in [1.165, 1.54) is 19.2 Å². The van der Waals surface area contributed by atoms with E-state index in [0.29, 0.717) is 58.0 Å². The molecular formula is C47H53F3N8O9. The number of benzene rings is 2. The van der Waals surface area contributed by atoms with Gasteiger partial charge < -0.3 is 40.0 Å². The highest BCUT2D eigenvalue weighted by Gasteiger charge is 2.42. The summed E-state index contributed by atoms with van der Waals surface area (Å²) in [5.74, 6) is -0.638. The van der Waals surface area contributed by atoms with Crippen molar-refractivity contribution in [1.82, 2.24) is 30.0 Å². The number of halogens is 3. The zero-order valence-electron chi connectivity index (χ0n) is 37.9. The van der Waals surface area contributed by atoms with Crippen molar-refractivity contribution in [2.24, 2.45) is 0 Å². The monoisotopic (exact) mass is 930 g/mol. The number of carboxylic acids is 1. The number of hydrogen-bond acceptors (Lipinski definition) is 12. The number of carbonyl (C=O) groups excluding carboxylic acids is 3. The molecule has 3 amide bonds. The summed E-state index contributed by atoms with van der Waals surface area (Å²) in [5.41, 5.74) is 1.46. The van der Waals surface area contributed by atoms with Gasteiger partial charge in [-0.2, -0.15) is 18.3 Å². The Bertz CT molecular complexity index is 2610. The Morgan fingerprint density at radius 3 is 2.37 bits per heavy atom. The number of amides is 3. The Hall–Kier alpha value is -7.38. The van der Waals surface area contributed by atoms with Crippen LogP contribution in [0.4, 0.5) is 34.4 Å². The van der Waals surface area contributed by atoms with Gasteiger partial charge in [0.05, 0.1) is 43.8 Å². The van der Waals surface area contributed by atoms with E-state index in [0.717, 1.165) is 48.1 Å². The molecule has 20 heteroatoms. The largest absolute Gasteiger partial charge is 0.497 e. The van der Waals surface area contributed by atoms with E-state index in [1.807, 2.05) is 18.2 Å². The summed E-state index contributed by atoms with van der Waals surface area (Å²) in [6.07, 6.45) is 3.65. The maximum Gasteiger partial charge on any atom is 0.416 e. The smallest absolute Gasteiger partial charge is 0.416 e. The molecule has 0 saturated carbocycles. The van der Waals surface area contributed by atoms with E-state index >= 15 is 0 Å². The van der Waals surface area contributed by atoms with Crippen LogP contribution in [-0.4, -0.2) is 99.9 Å². The number of likely N-dealkylation sites (tertiary alicyclic amines) is 1. The summed E-state index contributed by atoms with van der Waals surface area (Å²) in [6, 6.07) is 11.3. The van der Waals surface area contributed by atoms with Gasteiger partial charge >= 0.3 is 24.3 Å². The number of alkyl halides is 3. The van der Waals surface area contributed by atoms with Gasteiger partial charge in [0.1, 0.15) is 40.5 Å². The second-order valence-corrected chi connectivity index (χ2v) is 16.6. The fourth-order valence-electron chi connectivity index (χ4n) is 7.56. The topological polar surface area (TPSA) is 208 Å². The van der Waals surface area contributed by atoms with Crippen LogP contribution in [0, 0.1) is 0 Å². The molecule has 0 spiro atoms. The number of rotatable bonds is 17. The van der Waals surface area contributed by atoms with Crippen LogP contribution >= 0.6 is 0 Å². The van der Waals surface area contributed by atoms with E-state index in [2.05, 4.69) is 20.9 Å². The van der Waals surface area contributed by atoms with Crippen LogP contribution < -0.4 is 25.4 Å². The third-order valence-electron chi connectivity index (χ3n) is 10.8. The molecule has 0 unspecified atom stereocenters. The molecule has 1 fully saturated rings. The molecule has 0 radical (unpaired) electrons. The van der Waals surface area contributed by atoms with E-state index in [4.69, 9.17) is 29.0 Å². The number of allylic oxidation sites excluding steroid dienone is 1. The van der Waals surface area contributed by atoms with Crippen LogP contribution in [0.25, 0.3) is 28.2 Å². The van der Waals surface area contributed by atoms with Crippen LogP contribution in [0.15, 0.2) is 73.1 Å². The minimum absolute atomic E-state index is 0.00203. The van der Waals surface area contributed by atoms with Crippen LogP contribution in [0.1, 0.15) is 86.0 Å². The van der Waals surface area contributed by atoms with Crippen molar-refractivity contribution in [3.8, 4) is 22.8 Å². The summed E-state index contributed by atoms with van der Waals surface area (Å²) in [4.78, 5) is 60.6. The molecule has 17 nitrogen and oxygen atoms in total. The van der Waals surface area contributed by atoms with Gasteiger partial charge in [0, 0.05) is 66.8 Å². The lowest BCUT2D eigenvalue weighted by Gasteiger charge is -2.19. The molecular weight excluding hydrogens is 878 g/mol. The number of fused-ring (bicyclic) bond motifs is 1. The summed E-state index contributed by atoms with van der Waals surface area (Å²) in [5, 5.41) is 24.5. The standard InChI is InChI=1S/C47H53F3N8O9/c1-46(2,3)67-44(62)52-20-11-9-7-8-10-12-31-26-54-41(53-25-30-17-18-34(64-4)24-36(30)65-5)38-39(56-58(40(31)38)33-23-35(43(60)61)57(27-33)45(63)66-6)28-13-15-29(16-14-28)42(59)55-37-22-32(19-21-51-37)47(48,49)50/h10,12-19,21-22,24,26,33,35H,7-9,11,20,23,25,27H2,1-6H3,(H,52,62)(H,53,54)(H,60,61)(H,51,55,59)/b12-10+/t33-,35+/m0/s1. The lowest BCUT2D eigenvalue weighted by Crippen LogP contribution is -2.40. The highest BCUT2D eigenvalue weighted by molar-refractivity contribution is 6.06. The molecule has 1 aliphatic heterocycles. The zero-order chi connectivity index (χ0) is 48.5. The van der Waals surface area contributed by atoms with Crippen molar-refractivity contribution in [3.63, 3.8) is 0 Å². The molecule has 5 aromatic rings. The van der Waals surface area contributed by atoms with Crippen LogP contribution in [0.3, 0.4) is 0 Å². The third kappa shape index (κ3) is 12.3. The van der Waals surface area contributed by atoms with Gasteiger partial charge in [0.15, 0.2) is 0 Å². The lowest BCUT2D eigenvalue weighted by atomic mass is 10.0. The molecule has 3 aromatic heterocycles. The minimum atomic E-state index is -4.64. The normalized spacial score (nSPS) is 15.1. The first kappa shape index (κ1) is 49.1. The molecule has 0 bridgehead atoms. The summed E-state index contributed by atoms with van der Waals surface area (Å²) in [6.45, 7) is 6.05. The predicted molar refractivity (Wildman–Crippen MR) is 243 cm³/mol. The van der Waals surface area contributed by atoms with E-state index in [9.17, 15) is 37.5 Å². The molecule has 356 valence electrons. The number of aliphatic carboxylic acids is 1. The van der Waals surface area contributed by atoms with Crippen LogP contribution in [-0.2, 0) is 27.0 Å². The molecule has 1 aliphatic rings. The molecule has 4 N–H and O–H groups in total. The molecule has 1 saturated heterocycles. The number of nitrogens with zero attached hydrogens (tertiary/aromatic N) is 5. The van der Waals surface area contributed by atoms with E-state index in [-0.39, 0.29) is 30.9 Å². The number of nitrogens with one attached hydrogen (secondary N) is 3. The van der Waals surface area contributed by atoms with Crippen molar-refractivity contribution in [3.05, 3.63) is 95.3 Å². The Kier molecular flexibility index (Phi) is 15.6. The van der Waals surface area contributed by atoms with Gasteiger partial charge in [-0.1, -0.05) is 30.7 Å². The first-order valence-electron chi connectivity index (χ1n) is 21.4. The van der Waals surface area contributed by atoms with Crippen LogP contribution in [0.5, 0.6) is 11.5 Å². The highest BCUT2D eigenvalue weighted by atomic mass is 19.4. The Morgan fingerprint density at radius 1 is 0.940 bits per heavy atom. The van der Waals surface area contributed by atoms with Gasteiger partial charge in [-0.15, -0.1) is 0 Å². The Balaban J connectivity index is 1.39. The van der Waals surface area contributed by atoms with Crippen LogP contribution in [0.2, 0.25) is 0 Å². The number of alkyl carbamates (subject to hydrolysis) is 1. The zero-order valence-corrected chi connectivity index (χ0v) is 37.9. The van der Waals surface area contributed by atoms with Gasteiger partial charge in [0.25, 0.3) is 5.91 Å². The SMILES string of the molecule is COC(=O)N1C[C@@H](n2nc(-c3ccc(C(=O)Nc4cc(C(F)(F)F)ccn4)cc3)c3c(NCc4ccc(OC)cc4OC)ncc(/C=C/CCCCCNC(=O)OC(C)(C)C)c32)C[C@@H]1C(=O)O. The number of hydrogen-bond donors (Lipinski definition) is 4. The first-order chi connectivity index (χ1) is 31.9. The summed E-state index contributed by atoms with van der Waals surface area (Å²) in [7, 11) is 4.27.